The first kappa shape index (κ1) is 18.0. The highest BCUT2D eigenvalue weighted by Crippen LogP contribution is 2.28. The van der Waals surface area contributed by atoms with E-state index >= 15 is 0 Å². The molecule has 3 aromatic heterocycles. The summed E-state index contributed by atoms with van der Waals surface area (Å²) in [6.45, 7) is 2.36. The second-order valence-electron chi connectivity index (χ2n) is 7.10. The van der Waals surface area contributed by atoms with Gasteiger partial charge in [-0.2, -0.15) is 0 Å². The van der Waals surface area contributed by atoms with Crippen LogP contribution in [0.5, 0.6) is 6.01 Å². The number of amides is 1. The first-order chi connectivity index (χ1) is 14.6. The number of aromatic amines is 1. The van der Waals surface area contributed by atoms with Crippen LogP contribution in [0.15, 0.2) is 47.5 Å². The van der Waals surface area contributed by atoms with Crippen LogP contribution in [0, 0.1) is 6.92 Å². The van der Waals surface area contributed by atoms with Gasteiger partial charge in [0, 0.05) is 23.7 Å². The van der Waals surface area contributed by atoms with E-state index in [1.807, 2.05) is 37.3 Å². The van der Waals surface area contributed by atoms with Gasteiger partial charge in [-0.1, -0.05) is 30.3 Å². The third-order valence-corrected chi connectivity index (χ3v) is 5.24. The second-order valence-corrected chi connectivity index (χ2v) is 7.10. The lowest BCUT2D eigenvalue weighted by molar-refractivity contribution is 0.0749. The van der Waals surface area contributed by atoms with Crippen molar-refractivity contribution in [1.29, 1.82) is 0 Å². The fourth-order valence-corrected chi connectivity index (χ4v) is 3.79. The molecule has 150 valence electrons. The number of benzene rings is 1. The Morgan fingerprint density at radius 1 is 1.13 bits per heavy atom. The van der Waals surface area contributed by atoms with Crippen molar-refractivity contribution in [3.8, 4) is 17.1 Å². The van der Waals surface area contributed by atoms with Gasteiger partial charge in [0.15, 0.2) is 5.65 Å². The fraction of sp³-hybridized carbons (Fsp3) is 0.190. The van der Waals surface area contributed by atoms with E-state index in [4.69, 9.17) is 9.72 Å². The molecule has 0 saturated heterocycles. The van der Waals surface area contributed by atoms with Crippen molar-refractivity contribution < 1.29 is 9.53 Å². The van der Waals surface area contributed by atoms with Gasteiger partial charge in [0.25, 0.3) is 11.5 Å². The number of aryl methyl sites for hydroxylation is 1. The average molecular weight is 402 g/mol. The zero-order valence-corrected chi connectivity index (χ0v) is 16.4. The molecule has 0 spiro atoms. The number of fused-ring (bicyclic) bond motifs is 2. The van der Waals surface area contributed by atoms with E-state index in [1.165, 1.54) is 24.0 Å². The van der Waals surface area contributed by atoms with Crippen LogP contribution in [-0.2, 0) is 13.1 Å². The van der Waals surface area contributed by atoms with Crippen molar-refractivity contribution in [3.05, 3.63) is 75.6 Å². The van der Waals surface area contributed by atoms with Crippen LogP contribution < -0.4 is 10.3 Å². The highest BCUT2D eigenvalue weighted by atomic mass is 16.5. The first-order valence-corrected chi connectivity index (χ1v) is 9.40. The molecule has 1 aromatic carbocycles. The van der Waals surface area contributed by atoms with E-state index in [1.54, 1.807) is 4.90 Å². The predicted molar refractivity (Wildman–Crippen MR) is 108 cm³/mol. The third-order valence-electron chi connectivity index (χ3n) is 5.24. The number of hydrogen-bond acceptors (Lipinski definition) is 6. The lowest BCUT2D eigenvalue weighted by Gasteiger charge is -2.14. The lowest BCUT2D eigenvalue weighted by Crippen LogP contribution is -2.27. The van der Waals surface area contributed by atoms with Crippen molar-refractivity contribution in [2.24, 2.45) is 0 Å². The Hall–Kier alpha value is -4.01. The summed E-state index contributed by atoms with van der Waals surface area (Å²) in [5, 5.41) is 3.12. The topological polar surface area (TPSA) is 105 Å². The van der Waals surface area contributed by atoms with Crippen LogP contribution in [0.1, 0.15) is 27.3 Å². The Labute approximate surface area is 171 Å². The monoisotopic (exact) mass is 402 g/mol. The Kier molecular flexibility index (Phi) is 4.09. The van der Waals surface area contributed by atoms with Gasteiger partial charge >= 0.3 is 6.01 Å². The van der Waals surface area contributed by atoms with Crippen LogP contribution in [-0.4, -0.2) is 42.5 Å². The van der Waals surface area contributed by atoms with Gasteiger partial charge in [-0.25, -0.2) is 19.5 Å². The van der Waals surface area contributed by atoms with Gasteiger partial charge in [-0.3, -0.25) is 14.7 Å². The predicted octanol–water partition coefficient (Wildman–Crippen LogP) is 1.95. The second kappa shape index (κ2) is 6.80. The number of rotatable bonds is 3. The SMILES string of the molecule is COc1ncc(C(=O)N2Cc3nc4c(-c5ccccc5)c(C)[nH]n4c(=O)c3C2)cn1. The molecule has 0 radical (unpaired) electrons. The molecule has 1 aliphatic rings. The summed E-state index contributed by atoms with van der Waals surface area (Å²) in [5.74, 6) is -0.261. The molecule has 9 heteroatoms. The maximum atomic E-state index is 13.1. The molecular weight excluding hydrogens is 384 g/mol. The Bertz CT molecular complexity index is 1330. The van der Waals surface area contributed by atoms with Crippen LogP contribution in [0.25, 0.3) is 16.8 Å². The molecule has 4 aromatic rings. The van der Waals surface area contributed by atoms with Crippen molar-refractivity contribution in [2.45, 2.75) is 20.0 Å². The number of H-pyrrole nitrogens is 1. The number of carbonyl (C=O) groups is 1. The van der Waals surface area contributed by atoms with Gasteiger partial charge in [0.05, 0.1) is 37.0 Å². The van der Waals surface area contributed by atoms with Crippen LogP contribution in [0.3, 0.4) is 0 Å². The summed E-state index contributed by atoms with van der Waals surface area (Å²) in [5.41, 5.74) is 4.53. The van der Waals surface area contributed by atoms with Crippen molar-refractivity contribution in [3.63, 3.8) is 0 Å². The molecule has 30 heavy (non-hydrogen) atoms. The molecular formula is C21H18N6O3. The number of nitrogens with one attached hydrogen (secondary N) is 1. The number of methoxy groups -OCH3 is 1. The molecule has 1 aliphatic heterocycles. The van der Waals surface area contributed by atoms with E-state index in [2.05, 4.69) is 15.1 Å². The van der Waals surface area contributed by atoms with Gasteiger partial charge in [0.1, 0.15) is 0 Å². The number of carbonyl (C=O) groups excluding carboxylic acids is 1. The van der Waals surface area contributed by atoms with E-state index in [-0.39, 0.29) is 30.6 Å². The largest absolute Gasteiger partial charge is 0.467 e. The van der Waals surface area contributed by atoms with Gasteiger partial charge in [-0.05, 0) is 12.5 Å². The summed E-state index contributed by atoms with van der Waals surface area (Å²) in [7, 11) is 1.46. The first-order valence-electron chi connectivity index (χ1n) is 9.40. The summed E-state index contributed by atoms with van der Waals surface area (Å²) in [4.78, 5) is 40.3. The van der Waals surface area contributed by atoms with Crippen molar-refractivity contribution in [1.82, 2.24) is 29.5 Å². The number of aromatic nitrogens is 5. The van der Waals surface area contributed by atoms with Crippen molar-refractivity contribution >= 4 is 11.6 Å². The van der Waals surface area contributed by atoms with Crippen LogP contribution >= 0.6 is 0 Å². The minimum absolute atomic E-state index is 0.188. The van der Waals surface area contributed by atoms with E-state index in [0.29, 0.717) is 22.5 Å². The number of hydrogen-bond donors (Lipinski definition) is 1. The van der Waals surface area contributed by atoms with Gasteiger partial charge in [-0.15, -0.1) is 0 Å². The van der Waals surface area contributed by atoms with Gasteiger partial charge < -0.3 is 9.64 Å². The molecule has 9 nitrogen and oxygen atoms in total. The lowest BCUT2D eigenvalue weighted by atomic mass is 10.1. The molecule has 0 atom stereocenters. The van der Waals surface area contributed by atoms with Gasteiger partial charge in [0.2, 0.25) is 0 Å². The normalized spacial score (nSPS) is 12.9. The number of nitrogens with zero attached hydrogens (tertiary/aromatic N) is 5. The molecule has 0 unspecified atom stereocenters. The maximum absolute atomic E-state index is 13.1. The minimum Gasteiger partial charge on any atom is -0.467 e. The van der Waals surface area contributed by atoms with E-state index in [9.17, 15) is 9.59 Å². The Morgan fingerprint density at radius 2 is 1.87 bits per heavy atom. The third kappa shape index (κ3) is 2.74. The minimum atomic E-state index is -0.261. The Morgan fingerprint density at radius 3 is 2.57 bits per heavy atom. The fourth-order valence-electron chi connectivity index (χ4n) is 3.79. The molecule has 0 aliphatic carbocycles. The van der Waals surface area contributed by atoms with E-state index in [0.717, 1.165) is 16.8 Å². The summed E-state index contributed by atoms with van der Waals surface area (Å²) in [6, 6.07) is 9.98. The molecule has 1 amide bonds. The highest BCUT2D eigenvalue weighted by molar-refractivity contribution is 5.94. The maximum Gasteiger partial charge on any atom is 0.316 e. The Balaban J connectivity index is 1.54. The van der Waals surface area contributed by atoms with Crippen LogP contribution in [0.2, 0.25) is 0 Å². The summed E-state index contributed by atoms with van der Waals surface area (Å²) < 4.78 is 6.39. The smallest absolute Gasteiger partial charge is 0.316 e. The summed E-state index contributed by atoms with van der Waals surface area (Å²) in [6.07, 6.45) is 2.83. The average Bonchev–Trinajstić information content (AvgIpc) is 3.35. The molecule has 0 bridgehead atoms. The molecule has 1 N–H and O–H groups in total. The molecule has 5 rings (SSSR count). The quantitative estimate of drug-likeness (QED) is 0.562. The standard InChI is InChI=1S/C21H18N6O3/c1-12-17(13-6-4-3-5-7-13)18-24-16-11-26(10-15(16)20(29)27(18)25-12)19(28)14-8-22-21(30-2)23-9-14/h3-9,25H,10-11H2,1-2H3. The van der Waals surface area contributed by atoms with Crippen LogP contribution in [0.4, 0.5) is 0 Å². The molecule has 0 saturated carbocycles. The number of ether oxygens (including phenoxy) is 1. The highest BCUT2D eigenvalue weighted by Gasteiger charge is 2.30. The summed E-state index contributed by atoms with van der Waals surface area (Å²) >= 11 is 0. The zero-order chi connectivity index (χ0) is 20.8. The molecule has 4 heterocycles. The van der Waals surface area contributed by atoms with E-state index < -0.39 is 0 Å². The molecule has 0 fully saturated rings. The van der Waals surface area contributed by atoms with Crippen molar-refractivity contribution in [2.75, 3.05) is 7.11 Å². The zero-order valence-electron chi connectivity index (χ0n) is 16.4.